The number of methoxy groups -OCH3 is 1. The minimum Gasteiger partial charge on any atom is -0.467 e. The first-order valence-corrected chi connectivity index (χ1v) is 5.25. The predicted molar refractivity (Wildman–Crippen MR) is 61.2 cm³/mol. The van der Waals surface area contributed by atoms with E-state index in [4.69, 9.17) is 0 Å². The third kappa shape index (κ3) is 2.07. The molecule has 2 unspecified atom stereocenters. The van der Waals surface area contributed by atoms with Gasteiger partial charge in [-0.15, -0.1) is 0 Å². The summed E-state index contributed by atoms with van der Waals surface area (Å²) < 4.78 is 17.5. The molecule has 6 heteroatoms. The van der Waals surface area contributed by atoms with E-state index in [-0.39, 0.29) is 5.56 Å². The van der Waals surface area contributed by atoms with E-state index < -0.39 is 24.0 Å². The molecule has 0 fully saturated rings. The molecule has 0 aliphatic rings. The Morgan fingerprint density at radius 2 is 2.17 bits per heavy atom. The van der Waals surface area contributed by atoms with Crippen molar-refractivity contribution >= 4 is 16.9 Å². The number of hydrogen-bond acceptors (Lipinski definition) is 4. The summed E-state index contributed by atoms with van der Waals surface area (Å²) in [5, 5.41) is 19.8. The fraction of sp³-hybridized carbons (Fsp3) is 0.250. The third-order valence-electron chi connectivity index (χ3n) is 2.74. The van der Waals surface area contributed by atoms with Crippen LogP contribution < -0.4 is 0 Å². The van der Waals surface area contributed by atoms with Crippen LogP contribution in [0.4, 0.5) is 4.39 Å². The molecule has 0 radical (unpaired) electrons. The zero-order chi connectivity index (χ0) is 13.3. The van der Waals surface area contributed by atoms with E-state index in [2.05, 4.69) is 9.72 Å². The largest absolute Gasteiger partial charge is 0.467 e. The van der Waals surface area contributed by atoms with Gasteiger partial charge >= 0.3 is 5.97 Å². The number of aromatic amines is 1. The van der Waals surface area contributed by atoms with Crippen LogP contribution in [0.2, 0.25) is 0 Å². The second-order valence-corrected chi connectivity index (χ2v) is 3.85. The van der Waals surface area contributed by atoms with Crippen molar-refractivity contribution in [3.63, 3.8) is 0 Å². The first-order chi connectivity index (χ1) is 8.54. The van der Waals surface area contributed by atoms with Crippen molar-refractivity contribution in [1.29, 1.82) is 0 Å². The summed E-state index contributed by atoms with van der Waals surface area (Å²) in [6.45, 7) is 0. The molecule has 18 heavy (non-hydrogen) atoms. The van der Waals surface area contributed by atoms with Gasteiger partial charge in [0.2, 0.25) is 0 Å². The number of aliphatic hydroxyl groups excluding tert-OH is 2. The van der Waals surface area contributed by atoms with E-state index in [1.54, 1.807) is 0 Å². The number of esters is 1. The number of H-pyrrole nitrogens is 1. The van der Waals surface area contributed by atoms with Gasteiger partial charge in [0.1, 0.15) is 11.9 Å². The monoisotopic (exact) mass is 253 g/mol. The van der Waals surface area contributed by atoms with Crippen molar-refractivity contribution in [1.82, 2.24) is 4.98 Å². The summed E-state index contributed by atoms with van der Waals surface area (Å²) in [5.41, 5.74) is 0.838. The van der Waals surface area contributed by atoms with Crippen molar-refractivity contribution in [2.45, 2.75) is 12.2 Å². The molecule has 0 bridgehead atoms. The second-order valence-electron chi connectivity index (χ2n) is 3.85. The van der Waals surface area contributed by atoms with Crippen molar-refractivity contribution in [3.8, 4) is 0 Å². The number of hydrogen-bond donors (Lipinski definition) is 3. The lowest BCUT2D eigenvalue weighted by molar-refractivity contribution is -0.156. The SMILES string of the molecule is COC(=O)C(O)C(O)c1c[nH]c2ccc(F)cc12. The minimum atomic E-state index is -1.71. The van der Waals surface area contributed by atoms with Crippen LogP contribution >= 0.6 is 0 Å². The molecule has 1 heterocycles. The highest BCUT2D eigenvalue weighted by atomic mass is 19.1. The molecule has 0 aliphatic heterocycles. The van der Waals surface area contributed by atoms with Crippen LogP contribution in [0.15, 0.2) is 24.4 Å². The normalized spacial score (nSPS) is 14.4. The molecule has 3 N–H and O–H groups in total. The Labute approximate surface area is 102 Å². The van der Waals surface area contributed by atoms with E-state index in [1.165, 1.54) is 24.4 Å². The maximum Gasteiger partial charge on any atom is 0.337 e. The maximum absolute atomic E-state index is 13.1. The lowest BCUT2D eigenvalue weighted by Gasteiger charge is -2.14. The number of nitrogens with one attached hydrogen (secondary N) is 1. The summed E-state index contributed by atoms with van der Waals surface area (Å²) >= 11 is 0. The number of ether oxygens (including phenoxy) is 1. The van der Waals surface area contributed by atoms with Crippen LogP contribution in [-0.4, -0.2) is 34.4 Å². The smallest absolute Gasteiger partial charge is 0.337 e. The maximum atomic E-state index is 13.1. The van der Waals surface area contributed by atoms with Gasteiger partial charge in [-0.05, 0) is 18.2 Å². The van der Waals surface area contributed by atoms with Crippen LogP contribution in [0.3, 0.4) is 0 Å². The van der Waals surface area contributed by atoms with Crippen molar-refractivity contribution in [2.24, 2.45) is 0 Å². The zero-order valence-corrected chi connectivity index (χ0v) is 9.55. The van der Waals surface area contributed by atoms with Crippen molar-refractivity contribution in [3.05, 3.63) is 35.8 Å². The van der Waals surface area contributed by atoms with Gasteiger partial charge in [-0.3, -0.25) is 0 Å². The van der Waals surface area contributed by atoms with Crippen LogP contribution in [0.5, 0.6) is 0 Å². The van der Waals surface area contributed by atoms with Crippen LogP contribution in [-0.2, 0) is 9.53 Å². The molecule has 2 rings (SSSR count). The molecule has 96 valence electrons. The quantitative estimate of drug-likeness (QED) is 0.709. The molecular formula is C12H12FNO4. The summed E-state index contributed by atoms with van der Waals surface area (Å²) in [6.07, 6.45) is -1.77. The fourth-order valence-electron chi connectivity index (χ4n) is 1.78. The third-order valence-corrected chi connectivity index (χ3v) is 2.74. The molecule has 2 aromatic rings. The molecule has 0 aliphatic carbocycles. The lowest BCUT2D eigenvalue weighted by atomic mass is 10.0. The first-order valence-electron chi connectivity index (χ1n) is 5.25. The number of aliphatic hydroxyl groups is 2. The molecular weight excluding hydrogens is 241 g/mol. The highest BCUT2D eigenvalue weighted by Crippen LogP contribution is 2.27. The number of aromatic nitrogens is 1. The summed E-state index contributed by atoms with van der Waals surface area (Å²) in [7, 11) is 1.10. The molecule has 0 spiro atoms. The lowest BCUT2D eigenvalue weighted by Crippen LogP contribution is -2.28. The highest BCUT2D eigenvalue weighted by Gasteiger charge is 2.28. The molecule has 1 aromatic carbocycles. The molecule has 0 saturated heterocycles. The Bertz CT molecular complexity index is 580. The van der Waals surface area contributed by atoms with Gasteiger partial charge in [-0.25, -0.2) is 9.18 Å². The van der Waals surface area contributed by atoms with Gasteiger partial charge in [-0.1, -0.05) is 0 Å². The van der Waals surface area contributed by atoms with Gasteiger partial charge in [0.15, 0.2) is 6.10 Å². The predicted octanol–water partition coefficient (Wildman–Crippen LogP) is 0.874. The van der Waals surface area contributed by atoms with Crippen LogP contribution in [0.25, 0.3) is 10.9 Å². The van der Waals surface area contributed by atoms with Crippen molar-refractivity contribution < 1.29 is 24.1 Å². The van der Waals surface area contributed by atoms with E-state index in [1.807, 2.05) is 0 Å². The standard InChI is InChI=1S/C12H12FNO4/c1-18-12(17)11(16)10(15)8-5-14-9-3-2-6(13)4-7(8)9/h2-5,10-11,14-16H,1H3. The molecule has 0 saturated carbocycles. The Balaban J connectivity index is 2.41. The number of carbonyl (C=O) groups is 1. The Morgan fingerprint density at radius 1 is 1.44 bits per heavy atom. The molecule has 2 atom stereocenters. The van der Waals surface area contributed by atoms with Gasteiger partial charge in [0, 0.05) is 22.7 Å². The molecule has 5 nitrogen and oxygen atoms in total. The summed E-state index contributed by atoms with van der Waals surface area (Å²) in [6, 6.07) is 3.99. The average molecular weight is 253 g/mol. The second kappa shape index (κ2) is 4.75. The van der Waals surface area contributed by atoms with Gasteiger partial charge in [0.05, 0.1) is 7.11 Å². The Kier molecular flexibility index (Phi) is 3.31. The number of rotatable bonds is 3. The number of halogens is 1. The van der Waals surface area contributed by atoms with Gasteiger partial charge in [-0.2, -0.15) is 0 Å². The fourth-order valence-corrected chi connectivity index (χ4v) is 1.78. The Hall–Kier alpha value is -1.92. The molecule has 0 amide bonds. The Morgan fingerprint density at radius 3 is 2.83 bits per heavy atom. The summed E-state index contributed by atoms with van der Waals surface area (Å²) in [4.78, 5) is 14.0. The topological polar surface area (TPSA) is 82.6 Å². The van der Waals surface area contributed by atoms with Crippen molar-refractivity contribution in [2.75, 3.05) is 7.11 Å². The zero-order valence-electron chi connectivity index (χ0n) is 9.55. The average Bonchev–Trinajstić information content (AvgIpc) is 2.78. The van der Waals surface area contributed by atoms with E-state index in [0.717, 1.165) is 7.11 Å². The number of carbonyl (C=O) groups excluding carboxylic acids is 1. The minimum absolute atomic E-state index is 0.238. The van der Waals surface area contributed by atoms with E-state index >= 15 is 0 Å². The van der Waals surface area contributed by atoms with Gasteiger partial charge in [0.25, 0.3) is 0 Å². The van der Waals surface area contributed by atoms with E-state index in [9.17, 15) is 19.4 Å². The van der Waals surface area contributed by atoms with E-state index in [0.29, 0.717) is 10.9 Å². The van der Waals surface area contributed by atoms with Gasteiger partial charge < -0.3 is 19.9 Å². The summed E-state index contributed by atoms with van der Waals surface area (Å²) in [5.74, 6) is -1.42. The first kappa shape index (κ1) is 12.5. The van der Waals surface area contributed by atoms with Crippen LogP contribution in [0.1, 0.15) is 11.7 Å². The van der Waals surface area contributed by atoms with Crippen LogP contribution in [0, 0.1) is 5.82 Å². The highest BCUT2D eigenvalue weighted by molar-refractivity contribution is 5.85. The number of benzene rings is 1. The molecule has 1 aromatic heterocycles. The number of fused-ring (bicyclic) bond motifs is 1.